The SMILES string of the molecule is CCC[C@@H](N)C(=O)N1CCC(C(=O)O)C1C. The van der Waals surface area contributed by atoms with Crippen molar-refractivity contribution < 1.29 is 14.7 Å². The predicted octanol–water partition coefficient (Wildman–Crippen LogP) is 0.435. The molecule has 2 unspecified atom stereocenters. The number of amides is 1. The van der Waals surface area contributed by atoms with E-state index >= 15 is 0 Å². The Balaban J connectivity index is 2.62. The van der Waals surface area contributed by atoms with Gasteiger partial charge in [-0.15, -0.1) is 0 Å². The molecule has 1 aliphatic rings. The Hall–Kier alpha value is -1.10. The minimum atomic E-state index is -0.827. The van der Waals surface area contributed by atoms with E-state index in [0.29, 0.717) is 19.4 Å². The van der Waals surface area contributed by atoms with Gasteiger partial charge in [0.2, 0.25) is 5.91 Å². The van der Waals surface area contributed by atoms with Gasteiger partial charge in [-0.25, -0.2) is 0 Å². The largest absolute Gasteiger partial charge is 0.481 e. The summed E-state index contributed by atoms with van der Waals surface area (Å²) in [5.74, 6) is -1.39. The van der Waals surface area contributed by atoms with Crippen LogP contribution in [0.15, 0.2) is 0 Å². The molecule has 1 heterocycles. The van der Waals surface area contributed by atoms with Crippen LogP contribution < -0.4 is 5.73 Å². The van der Waals surface area contributed by atoms with Gasteiger partial charge in [0, 0.05) is 12.6 Å². The van der Waals surface area contributed by atoms with E-state index in [-0.39, 0.29) is 11.9 Å². The zero-order valence-electron chi connectivity index (χ0n) is 9.85. The lowest BCUT2D eigenvalue weighted by molar-refractivity contribution is -0.143. The highest BCUT2D eigenvalue weighted by Gasteiger charge is 2.39. The van der Waals surface area contributed by atoms with E-state index in [0.717, 1.165) is 6.42 Å². The van der Waals surface area contributed by atoms with Gasteiger partial charge in [0.25, 0.3) is 0 Å². The number of rotatable bonds is 4. The molecule has 1 rings (SSSR count). The van der Waals surface area contributed by atoms with Crippen LogP contribution in [0.3, 0.4) is 0 Å². The molecule has 16 heavy (non-hydrogen) atoms. The van der Waals surface area contributed by atoms with Crippen molar-refractivity contribution in [1.82, 2.24) is 4.90 Å². The highest BCUT2D eigenvalue weighted by molar-refractivity contribution is 5.83. The number of carbonyl (C=O) groups excluding carboxylic acids is 1. The zero-order valence-corrected chi connectivity index (χ0v) is 9.85. The monoisotopic (exact) mass is 228 g/mol. The molecule has 92 valence electrons. The molecule has 1 aliphatic heterocycles. The molecule has 3 N–H and O–H groups in total. The summed E-state index contributed by atoms with van der Waals surface area (Å²) in [7, 11) is 0. The fourth-order valence-electron chi connectivity index (χ4n) is 2.23. The van der Waals surface area contributed by atoms with Crippen molar-refractivity contribution in [2.24, 2.45) is 11.7 Å². The van der Waals surface area contributed by atoms with Crippen LogP contribution >= 0.6 is 0 Å². The summed E-state index contributed by atoms with van der Waals surface area (Å²) in [4.78, 5) is 24.4. The van der Waals surface area contributed by atoms with Crippen LogP contribution in [0.4, 0.5) is 0 Å². The van der Waals surface area contributed by atoms with E-state index < -0.39 is 17.9 Å². The van der Waals surface area contributed by atoms with Gasteiger partial charge in [0.05, 0.1) is 12.0 Å². The molecule has 3 atom stereocenters. The lowest BCUT2D eigenvalue weighted by Crippen LogP contribution is -2.46. The van der Waals surface area contributed by atoms with E-state index in [1.807, 2.05) is 6.92 Å². The molecular weight excluding hydrogens is 208 g/mol. The number of likely N-dealkylation sites (tertiary alicyclic amines) is 1. The second-order valence-electron chi connectivity index (χ2n) is 4.40. The summed E-state index contributed by atoms with van der Waals surface area (Å²) in [6, 6.07) is -0.729. The average Bonchev–Trinajstić information content (AvgIpc) is 2.59. The Morgan fingerprint density at radius 1 is 1.56 bits per heavy atom. The molecule has 5 heteroatoms. The minimum absolute atomic E-state index is 0.113. The maximum atomic E-state index is 11.9. The molecule has 5 nitrogen and oxygen atoms in total. The third kappa shape index (κ3) is 2.52. The molecule has 1 amide bonds. The Kier molecular flexibility index (Phi) is 4.29. The van der Waals surface area contributed by atoms with Crippen LogP contribution in [0.2, 0.25) is 0 Å². The molecule has 0 aliphatic carbocycles. The summed E-state index contributed by atoms with van der Waals surface area (Å²) in [5, 5.41) is 8.96. The first-order valence-electron chi connectivity index (χ1n) is 5.77. The van der Waals surface area contributed by atoms with Crippen LogP contribution in [0.25, 0.3) is 0 Å². The van der Waals surface area contributed by atoms with E-state index in [2.05, 4.69) is 0 Å². The van der Waals surface area contributed by atoms with Crippen molar-refractivity contribution in [2.75, 3.05) is 6.54 Å². The van der Waals surface area contributed by atoms with Gasteiger partial charge in [0.15, 0.2) is 0 Å². The molecule has 1 fully saturated rings. The van der Waals surface area contributed by atoms with Crippen LogP contribution in [-0.2, 0) is 9.59 Å². The van der Waals surface area contributed by atoms with Crippen molar-refractivity contribution >= 4 is 11.9 Å². The third-order valence-corrected chi connectivity index (χ3v) is 3.27. The highest BCUT2D eigenvalue weighted by atomic mass is 16.4. The van der Waals surface area contributed by atoms with Gasteiger partial charge < -0.3 is 15.7 Å². The van der Waals surface area contributed by atoms with Gasteiger partial charge in [-0.2, -0.15) is 0 Å². The third-order valence-electron chi connectivity index (χ3n) is 3.27. The van der Waals surface area contributed by atoms with Crippen molar-refractivity contribution in [1.29, 1.82) is 0 Å². The fourth-order valence-corrected chi connectivity index (χ4v) is 2.23. The number of aliphatic carboxylic acids is 1. The number of nitrogens with zero attached hydrogens (tertiary/aromatic N) is 1. The maximum absolute atomic E-state index is 11.9. The van der Waals surface area contributed by atoms with Crippen LogP contribution in [0, 0.1) is 5.92 Å². The number of nitrogens with two attached hydrogens (primary N) is 1. The summed E-state index contributed by atoms with van der Waals surface area (Å²) in [6.45, 7) is 4.26. The summed E-state index contributed by atoms with van der Waals surface area (Å²) >= 11 is 0. The average molecular weight is 228 g/mol. The van der Waals surface area contributed by atoms with Crippen molar-refractivity contribution in [2.45, 2.75) is 45.2 Å². The van der Waals surface area contributed by atoms with Crippen molar-refractivity contribution in [3.8, 4) is 0 Å². The van der Waals surface area contributed by atoms with E-state index in [9.17, 15) is 9.59 Å². The topological polar surface area (TPSA) is 83.6 Å². The molecule has 0 aromatic carbocycles. The summed E-state index contributed by atoms with van der Waals surface area (Å²) in [5.41, 5.74) is 5.75. The number of carbonyl (C=O) groups is 2. The first-order chi connectivity index (χ1) is 7.49. The first kappa shape index (κ1) is 13.0. The van der Waals surface area contributed by atoms with E-state index in [1.54, 1.807) is 11.8 Å². The standard InChI is InChI=1S/C11H20N2O3/c1-3-4-9(12)10(14)13-6-5-8(7(13)2)11(15)16/h7-9H,3-6,12H2,1-2H3,(H,15,16)/t7?,8?,9-/m1/s1. The number of carboxylic acid groups (broad SMARTS) is 1. The van der Waals surface area contributed by atoms with Gasteiger partial charge in [-0.3, -0.25) is 9.59 Å². The van der Waals surface area contributed by atoms with Crippen molar-refractivity contribution in [3.63, 3.8) is 0 Å². The van der Waals surface area contributed by atoms with E-state index in [4.69, 9.17) is 10.8 Å². The lowest BCUT2D eigenvalue weighted by Gasteiger charge is -2.26. The summed E-state index contributed by atoms with van der Waals surface area (Å²) < 4.78 is 0. The first-order valence-corrected chi connectivity index (χ1v) is 5.77. The van der Waals surface area contributed by atoms with Gasteiger partial charge >= 0.3 is 5.97 Å². The molecule has 1 saturated heterocycles. The smallest absolute Gasteiger partial charge is 0.308 e. The predicted molar refractivity (Wildman–Crippen MR) is 59.8 cm³/mol. The molecule has 0 aromatic rings. The normalized spacial score (nSPS) is 26.8. The lowest BCUT2D eigenvalue weighted by atomic mass is 10.0. The van der Waals surface area contributed by atoms with E-state index in [1.165, 1.54) is 0 Å². The van der Waals surface area contributed by atoms with Crippen LogP contribution in [0.1, 0.15) is 33.1 Å². The Morgan fingerprint density at radius 2 is 2.19 bits per heavy atom. The fraction of sp³-hybridized carbons (Fsp3) is 0.818. The quantitative estimate of drug-likeness (QED) is 0.731. The van der Waals surface area contributed by atoms with Gasteiger partial charge in [-0.1, -0.05) is 13.3 Å². The molecule has 0 spiro atoms. The molecule has 0 radical (unpaired) electrons. The number of carboxylic acids is 1. The maximum Gasteiger partial charge on any atom is 0.308 e. The summed E-state index contributed by atoms with van der Waals surface area (Å²) in [6.07, 6.45) is 2.04. The second-order valence-corrected chi connectivity index (χ2v) is 4.40. The molecule has 0 bridgehead atoms. The number of hydrogen-bond acceptors (Lipinski definition) is 3. The Labute approximate surface area is 95.6 Å². The molecule has 0 saturated carbocycles. The van der Waals surface area contributed by atoms with Crippen LogP contribution in [-0.4, -0.2) is 40.5 Å². The minimum Gasteiger partial charge on any atom is -0.481 e. The van der Waals surface area contributed by atoms with Crippen molar-refractivity contribution in [3.05, 3.63) is 0 Å². The van der Waals surface area contributed by atoms with Gasteiger partial charge in [-0.05, 0) is 19.8 Å². The molecule has 0 aromatic heterocycles. The zero-order chi connectivity index (χ0) is 12.3. The second kappa shape index (κ2) is 5.30. The van der Waals surface area contributed by atoms with Gasteiger partial charge in [0.1, 0.15) is 0 Å². The number of hydrogen-bond donors (Lipinski definition) is 2. The highest BCUT2D eigenvalue weighted by Crippen LogP contribution is 2.25. The Morgan fingerprint density at radius 3 is 2.62 bits per heavy atom. The Bertz CT molecular complexity index is 280. The van der Waals surface area contributed by atoms with Crippen LogP contribution in [0.5, 0.6) is 0 Å². The molecular formula is C11H20N2O3.